The number of hydrogen-bond acceptors (Lipinski definition) is 3. The Bertz CT molecular complexity index is 159. The number of rotatable bonds is 2. The molecule has 0 radical (unpaired) electrons. The van der Waals surface area contributed by atoms with Crippen molar-refractivity contribution in [1.82, 2.24) is 0 Å². The maximum absolute atomic E-state index is 5.68. The molecular formula is C9H15ClO3. The molecule has 3 atom stereocenters. The van der Waals surface area contributed by atoms with Crippen molar-refractivity contribution in [2.24, 2.45) is 5.92 Å². The average molecular weight is 207 g/mol. The van der Waals surface area contributed by atoms with Crippen LogP contribution in [0.1, 0.15) is 12.8 Å². The molecule has 2 fully saturated rings. The standard InChI is InChI=1S/C9H15ClO3/c10-4-8-6-12-9(13-8)7-2-1-3-11-5-7/h7-9H,1-6H2. The van der Waals surface area contributed by atoms with Crippen molar-refractivity contribution < 1.29 is 14.2 Å². The first-order valence-electron chi connectivity index (χ1n) is 4.81. The van der Waals surface area contributed by atoms with E-state index in [1.54, 1.807) is 0 Å². The van der Waals surface area contributed by atoms with Crippen molar-refractivity contribution >= 4 is 11.6 Å². The molecule has 2 aliphatic heterocycles. The lowest BCUT2D eigenvalue weighted by atomic mass is 10.0. The normalized spacial score (nSPS) is 40.8. The molecule has 0 N–H and O–H groups in total. The maximum atomic E-state index is 5.68. The number of hydrogen-bond donors (Lipinski definition) is 0. The molecular weight excluding hydrogens is 192 g/mol. The summed E-state index contributed by atoms with van der Waals surface area (Å²) in [6.07, 6.45) is 2.25. The lowest BCUT2D eigenvalue weighted by Crippen LogP contribution is -2.30. The Hall–Kier alpha value is 0.170. The van der Waals surface area contributed by atoms with Crippen LogP contribution in [0.15, 0.2) is 0 Å². The van der Waals surface area contributed by atoms with Crippen LogP contribution in [0.3, 0.4) is 0 Å². The number of halogens is 1. The third-order valence-corrected chi connectivity index (χ3v) is 2.87. The van der Waals surface area contributed by atoms with E-state index in [-0.39, 0.29) is 12.4 Å². The number of alkyl halides is 1. The van der Waals surface area contributed by atoms with Crippen LogP contribution in [0.5, 0.6) is 0 Å². The Kier molecular flexibility index (Phi) is 3.44. The van der Waals surface area contributed by atoms with Crippen LogP contribution in [0.4, 0.5) is 0 Å². The van der Waals surface area contributed by atoms with E-state index in [0.29, 0.717) is 18.4 Å². The van der Waals surface area contributed by atoms with Gasteiger partial charge in [-0.3, -0.25) is 0 Å². The van der Waals surface area contributed by atoms with Gasteiger partial charge in [0.15, 0.2) is 6.29 Å². The van der Waals surface area contributed by atoms with Crippen molar-refractivity contribution in [3.63, 3.8) is 0 Å². The minimum absolute atomic E-state index is 0.0774. The molecule has 0 aromatic heterocycles. The van der Waals surface area contributed by atoms with E-state index < -0.39 is 0 Å². The van der Waals surface area contributed by atoms with Gasteiger partial charge in [-0.1, -0.05) is 0 Å². The first-order valence-corrected chi connectivity index (χ1v) is 5.34. The Morgan fingerprint density at radius 3 is 2.85 bits per heavy atom. The molecule has 0 bridgehead atoms. The van der Waals surface area contributed by atoms with E-state index >= 15 is 0 Å². The quantitative estimate of drug-likeness (QED) is 0.640. The SMILES string of the molecule is ClCC1COC(C2CCCOC2)O1. The predicted octanol–water partition coefficient (Wildman–Crippen LogP) is 1.39. The van der Waals surface area contributed by atoms with Gasteiger partial charge in [0.25, 0.3) is 0 Å². The highest BCUT2D eigenvalue weighted by atomic mass is 35.5. The molecule has 0 amide bonds. The van der Waals surface area contributed by atoms with Gasteiger partial charge in [0, 0.05) is 12.5 Å². The third-order valence-electron chi connectivity index (χ3n) is 2.53. The summed E-state index contributed by atoms with van der Waals surface area (Å²) in [7, 11) is 0. The van der Waals surface area contributed by atoms with Gasteiger partial charge in [-0.2, -0.15) is 0 Å². The van der Waals surface area contributed by atoms with Crippen LogP contribution in [0, 0.1) is 5.92 Å². The summed E-state index contributed by atoms with van der Waals surface area (Å²) in [5, 5.41) is 0. The molecule has 3 nitrogen and oxygen atoms in total. The monoisotopic (exact) mass is 206 g/mol. The van der Waals surface area contributed by atoms with E-state index in [0.717, 1.165) is 26.1 Å². The van der Waals surface area contributed by atoms with Gasteiger partial charge < -0.3 is 14.2 Å². The van der Waals surface area contributed by atoms with Crippen molar-refractivity contribution in [2.75, 3.05) is 25.7 Å². The van der Waals surface area contributed by atoms with Gasteiger partial charge in [0.05, 0.1) is 25.2 Å². The highest BCUT2D eigenvalue weighted by Crippen LogP contribution is 2.25. The van der Waals surface area contributed by atoms with Gasteiger partial charge in [-0.15, -0.1) is 11.6 Å². The molecule has 13 heavy (non-hydrogen) atoms. The average Bonchev–Trinajstić information content (AvgIpc) is 2.67. The second kappa shape index (κ2) is 4.60. The largest absolute Gasteiger partial charge is 0.381 e. The lowest BCUT2D eigenvalue weighted by Gasteiger charge is -2.26. The van der Waals surface area contributed by atoms with E-state index in [9.17, 15) is 0 Å². The predicted molar refractivity (Wildman–Crippen MR) is 48.9 cm³/mol. The van der Waals surface area contributed by atoms with Gasteiger partial charge in [-0.05, 0) is 12.8 Å². The highest BCUT2D eigenvalue weighted by molar-refractivity contribution is 6.18. The summed E-state index contributed by atoms with van der Waals surface area (Å²) in [6, 6.07) is 0. The molecule has 0 aliphatic carbocycles. The first kappa shape index (κ1) is 9.71. The molecule has 2 saturated heterocycles. The minimum atomic E-state index is -0.0796. The summed E-state index contributed by atoms with van der Waals surface area (Å²) in [5.41, 5.74) is 0. The van der Waals surface area contributed by atoms with Crippen LogP contribution in [-0.2, 0) is 14.2 Å². The topological polar surface area (TPSA) is 27.7 Å². The smallest absolute Gasteiger partial charge is 0.163 e. The van der Waals surface area contributed by atoms with Crippen molar-refractivity contribution in [2.45, 2.75) is 25.2 Å². The second-order valence-corrected chi connectivity index (χ2v) is 3.90. The number of ether oxygens (including phenoxy) is 3. The van der Waals surface area contributed by atoms with E-state index in [1.807, 2.05) is 0 Å². The molecule has 0 aromatic carbocycles. The fourth-order valence-electron chi connectivity index (χ4n) is 1.78. The molecule has 2 heterocycles. The van der Waals surface area contributed by atoms with Gasteiger partial charge in [-0.25, -0.2) is 0 Å². The summed E-state index contributed by atoms with van der Waals surface area (Å²) in [4.78, 5) is 0. The first-order chi connectivity index (χ1) is 6.40. The van der Waals surface area contributed by atoms with E-state index in [1.165, 1.54) is 0 Å². The third kappa shape index (κ3) is 2.34. The molecule has 76 valence electrons. The van der Waals surface area contributed by atoms with Crippen LogP contribution in [-0.4, -0.2) is 38.1 Å². The van der Waals surface area contributed by atoms with Crippen molar-refractivity contribution in [3.05, 3.63) is 0 Å². The Balaban J connectivity index is 1.80. The van der Waals surface area contributed by atoms with Crippen molar-refractivity contribution in [3.8, 4) is 0 Å². The maximum Gasteiger partial charge on any atom is 0.163 e. The Morgan fingerprint density at radius 1 is 1.31 bits per heavy atom. The van der Waals surface area contributed by atoms with Gasteiger partial charge in [0.1, 0.15) is 0 Å². The molecule has 0 aromatic rings. The molecule has 2 rings (SSSR count). The zero-order valence-electron chi connectivity index (χ0n) is 7.58. The Labute approximate surface area is 83.3 Å². The molecule has 0 spiro atoms. The Morgan fingerprint density at radius 2 is 2.23 bits per heavy atom. The summed E-state index contributed by atoms with van der Waals surface area (Å²) in [6.45, 7) is 2.27. The van der Waals surface area contributed by atoms with Crippen LogP contribution >= 0.6 is 11.6 Å². The van der Waals surface area contributed by atoms with Gasteiger partial charge in [0.2, 0.25) is 0 Å². The van der Waals surface area contributed by atoms with E-state index in [4.69, 9.17) is 25.8 Å². The molecule has 0 saturated carbocycles. The van der Waals surface area contributed by atoms with Crippen molar-refractivity contribution in [1.29, 1.82) is 0 Å². The molecule has 3 unspecified atom stereocenters. The molecule has 2 aliphatic rings. The second-order valence-electron chi connectivity index (χ2n) is 3.59. The molecule has 4 heteroatoms. The zero-order chi connectivity index (χ0) is 9.10. The van der Waals surface area contributed by atoms with Gasteiger partial charge >= 0.3 is 0 Å². The lowest BCUT2D eigenvalue weighted by molar-refractivity contribution is -0.126. The summed E-state index contributed by atoms with van der Waals surface area (Å²) < 4.78 is 16.5. The fraction of sp³-hybridized carbons (Fsp3) is 1.00. The fourth-order valence-corrected chi connectivity index (χ4v) is 1.94. The minimum Gasteiger partial charge on any atom is -0.381 e. The highest BCUT2D eigenvalue weighted by Gasteiger charge is 2.33. The summed E-state index contributed by atoms with van der Waals surface area (Å²) >= 11 is 5.68. The summed E-state index contributed by atoms with van der Waals surface area (Å²) in [5.74, 6) is 0.923. The van der Waals surface area contributed by atoms with E-state index in [2.05, 4.69) is 0 Å². The van der Waals surface area contributed by atoms with Crippen LogP contribution in [0.25, 0.3) is 0 Å². The zero-order valence-corrected chi connectivity index (χ0v) is 8.33. The van der Waals surface area contributed by atoms with Crippen LogP contribution < -0.4 is 0 Å². The van der Waals surface area contributed by atoms with Crippen LogP contribution in [0.2, 0.25) is 0 Å².